The molecule has 0 aliphatic rings. The van der Waals surface area contributed by atoms with Crippen molar-refractivity contribution in [2.75, 3.05) is 7.05 Å². The summed E-state index contributed by atoms with van der Waals surface area (Å²) in [5, 5.41) is 4.88. The van der Waals surface area contributed by atoms with Crippen molar-refractivity contribution in [3.05, 3.63) is 74.7 Å². The molecule has 0 heterocycles. The Labute approximate surface area is 147 Å². The number of allylic oxidation sites excluding steroid dienone is 1. The van der Waals surface area contributed by atoms with E-state index < -0.39 is 0 Å². The van der Waals surface area contributed by atoms with Gasteiger partial charge in [0.25, 0.3) is 0 Å². The van der Waals surface area contributed by atoms with Crippen LogP contribution in [-0.4, -0.2) is 11.9 Å². The Hall–Kier alpha value is -0.810. The van der Waals surface area contributed by atoms with Crippen LogP contribution in [-0.2, 0) is 0 Å². The predicted molar refractivity (Wildman–Crippen MR) is 100 cm³/mol. The molecule has 0 saturated carbocycles. The number of halogens is 2. The summed E-state index contributed by atoms with van der Waals surface area (Å²) in [6.45, 7) is 0. The largest absolute Gasteiger partial charge is 0.383 e. The highest BCUT2D eigenvalue weighted by Gasteiger charge is 2.05. The van der Waals surface area contributed by atoms with Gasteiger partial charge in [0.2, 0.25) is 0 Å². The van der Waals surface area contributed by atoms with E-state index >= 15 is 0 Å². The van der Waals surface area contributed by atoms with Crippen molar-refractivity contribution in [1.82, 2.24) is 5.32 Å². The maximum Gasteiger partial charge on any atom is 0.0742 e. The Morgan fingerprint density at radius 1 is 1.19 bits per heavy atom. The summed E-state index contributed by atoms with van der Waals surface area (Å²) in [4.78, 5) is 1.91. The van der Waals surface area contributed by atoms with Gasteiger partial charge in [-0.1, -0.05) is 59.8 Å². The molecule has 2 aromatic rings. The first-order chi connectivity index (χ1) is 10.1. The van der Waals surface area contributed by atoms with Crippen LogP contribution >= 0.6 is 51.5 Å². The van der Waals surface area contributed by atoms with Crippen LogP contribution in [0.25, 0.3) is 0 Å². The number of hydrogen-bond acceptors (Lipinski definition) is 3. The van der Waals surface area contributed by atoms with E-state index in [-0.39, 0.29) is 0 Å². The van der Waals surface area contributed by atoms with E-state index in [9.17, 15) is 0 Å². The van der Waals surface area contributed by atoms with Gasteiger partial charge < -0.3 is 5.32 Å². The van der Waals surface area contributed by atoms with Crippen molar-refractivity contribution in [2.24, 2.45) is 0 Å². The molecule has 5 heteroatoms. The molecular formula is C16H13BrClNS2. The fourth-order valence-corrected chi connectivity index (χ4v) is 3.43. The lowest BCUT2D eigenvalue weighted by molar-refractivity contribution is 1.08. The fourth-order valence-electron chi connectivity index (χ4n) is 1.62. The third kappa shape index (κ3) is 4.85. The minimum absolute atomic E-state index is 0.710. The smallest absolute Gasteiger partial charge is 0.0742 e. The van der Waals surface area contributed by atoms with Gasteiger partial charge in [0.15, 0.2) is 0 Å². The molecule has 0 bridgehead atoms. The first-order valence-electron chi connectivity index (χ1n) is 6.22. The van der Waals surface area contributed by atoms with Crippen LogP contribution in [0.1, 0.15) is 5.56 Å². The Kier molecular flexibility index (Phi) is 6.30. The molecule has 1 N–H and O–H groups in total. The van der Waals surface area contributed by atoms with Crippen LogP contribution in [0.5, 0.6) is 0 Å². The summed E-state index contributed by atoms with van der Waals surface area (Å²) in [6.07, 6.45) is 1.96. The topological polar surface area (TPSA) is 12.0 Å². The molecule has 21 heavy (non-hydrogen) atoms. The molecule has 108 valence electrons. The molecule has 0 saturated heterocycles. The van der Waals surface area contributed by atoms with Gasteiger partial charge >= 0.3 is 0 Å². The second-order valence-corrected chi connectivity index (χ2v) is 6.98. The van der Waals surface area contributed by atoms with E-state index in [0.29, 0.717) is 5.02 Å². The van der Waals surface area contributed by atoms with Gasteiger partial charge in [0.05, 0.1) is 5.03 Å². The lowest BCUT2D eigenvalue weighted by Crippen LogP contribution is -2.05. The predicted octanol–water partition coefficient (Wildman–Crippen LogP) is 5.67. The molecule has 0 aromatic heterocycles. The number of thioether (sulfide) groups is 1. The van der Waals surface area contributed by atoms with Crippen LogP contribution in [0.3, 0.4) is 0 Å². The lowest BCUT2D eigenvalue weighted by atomic mass is 10.1. The van der Waals surface area contributed by atoms with Crippen molar-refractivity contribution < 1.29 is 0 Å². The van der Waals surface area contributed by atoms with Gasteiger partial charge in [-0.2, -0.15) is 0 Å². The van der Waals surface area contributed by atoms with Gasteiger partial charge in [0.1, 0.15) is 0 Å². The normalized spacial score (nSPS) is 11.3. The van der Waals surface area contributed by atoms with Crippen molar-refractivity contribution in [3.63, 3.8) is 0 Å². The Bertz CT molecular complexity index is 668. The van der Waals surface area contributed by atoms with E-state index in [1.54, 1.807) is 11.8 Å². The first kappa shape index (κ1) is 16.6. The van der Waals surface area contributed by atoms with Gasteiger partial charge in [-0.05, 0) is 51.8 Å². The Morgan fingerprint density at radius 3 is 2.48 bits per heavy atom. The van der Waals surface area contributed by atoms with Gasteiger partial charge in [0, 0.05) is 26.3 Å². The third-order valence-corrected chi connectivity index (χ3v) is 5.37. The summed E-state index contributed by atoms with van der Waals surface area (Å²) >= 11 is 16.5. The van der Waals surface area contributed by atoms with Crippen molar-refractivity contribution in [1.29, 1.82) is 0 Å². The minimum Gasteiger partial charge on any atom is -0.383 e. The van der Waals surface area contributed by atoms with Crippen molar-refractivity contribution in [3.8, 4) is 0 Å². The zero-order chi connectivity index (χ0) is 15.2. The highest BCUT2D eigenvalue weighted by Crippen LogP contribution is 2.31. The Balaban J connectivity index is 2.18. The highest BCUT2D eigenvalue weighted by molar-refractivity contribution is 9.10. The van der Waals surface area contributed by atoms with Crippen LogP contribution in [0, 0.1) is 0 Å². The summed E-state index contributed by atoms with van der Waals surface area (Å²) in [6, 6.07) is 15.6. The van der Waals surface area contributed by atoms with Crippen LogP contribution in [0.2, 0.25) is 5.02 Å². The van der Waals surface area contributed by atoms with Crippen molar-refractivity contribution >= 4 is 56.4 Å². The average molecular weight is 399 g/mol. The molecule has 0 fully saturated rings. The molecule has 0 aliphatic heterocycles. The molecule has 0 aliphatic carbocycles. The third-order valence-electron chi connectivity index (χ3n) is 2.69. The Morgan fingerprint density at radius 2 is 1.86 bits per heavy atom. The maximum atomic E-state index is 5.89. The summed E-state index contributed by atoms with van der Waals surface area (Å²) in [5.41, 5.74) is 0.981. The number of rotatable bonds is 5. The van der Waals surface area contributed by atoms with E-state index in [1.807, 2.05) is 55.6 Å². The number of hydrogen-bond donors (Lipinski definition) is 1. The SMILES string of the molecule is CN/C(=C\C(=S)c1ccc(Cl)cc1)Sc1ccccc1Br. The van der Waals surface area contributed by atoms with Crippen LogP contribution < -0.4 is 5.32 Å². The quantitative estimate of drug-likeness (QED) is 0.301. The van der Waals surface area contributed by atoms with Crippen LogP contribution in [0.15, 0.2) is 69.0 Å². The average Bonchev–Trinajstić information content (AvgIpc) is 2.49. The standard InChI is InChI=1S/C16H13BrClNS2/c1-19-16(21-15-5-3-2-4-13(15)17)10-14(20)11-6-8-12(18)9-7-11/h2-10,19H,1H3/b16-10+. The second-order valence-electron chi connectivity index (χ2n) is 4.16. The van der Waals surface area contributed by atoms with Gasteiger partial charge in [-0.15, -0.1) is 0 Å². The molecular weight excluding hydrogens is 386 g/mol. The zero-order valence-corrected chi connectivity index (χ0v) is 15.2. The van der Waals surface area contributed by atoms with Gasteiger partial charge in [-0.3, -0.25) is 0 Å². The first-order valence-corrected chi connectivity index (χ1v) is 8.61. The molecule has 0 spiro atoms. The molecule has 1 nitrogen and oxygen atoms in total. The molecule has 0 atom stereocenters. The second kappa shape index (κ2) is 7.99. The molecule has 2 rings (SSSR count). The molecule has 0 unspecified atom stereocenters. The highest BCUT2D eigenvalue weighted by atomic mass is 79.9. The lowest BCUT2D eigenvalue weighted by Gasteiger charge is -2.09. The maximum absolute atomic E-state index is 5.89. The fraction of sp³-hybridized carbons (Fsp3) is 0.0625. The van der Waals surface area contributed by atoms with Crippen LogP contribution in [0.4, 0.5) is 0 Å². The zero-order valence-electron chi connectivity index (χ0n) is 11.3. The van der Waals surface area contributed by atoms with E-state index in [0.717, 1.165) is 24.8 Å². The van der Waals surface area contributed by atoms with E-state index in [4.69, 9.17) is 23.8 Å². The number of nitrogens with one attached hydrogen (secondary N) is 1. The van der Waals surface area contributed by atoms with Gasteiger partial charge in [-0.25, -0.2) is 0 Å². The summed E-state index contributed by atoms with van der Waals surface area (Å²) in [5.74, 6) is 0. The van der Waals surface area contributed by atoms with Crippen molar-refractivity contribution in [2.45, 2.75) is 4.90 Å². The van der Waals surface area contributed by atoms with E-state index in [1.165, 1.54) is 0 Å². The number of benzene rings is 2. The molecule has 2 aromatic carbocycles. The monoisotopic (exact) mass is 397 g/mol. The molecule has 0 amide bonds. The minimum atomic E-state index is 0.710. The summed E-state index contributed by atoms with van der Waals surface area (Å²) < 4.78 is 1.06. The summed E-state index contributed by atoms with van der Waals surface area (Å²) in [7, 11) is 1.89. The van der Waals surface area contributed by atoms with E-state index in [2.05, 4.69) is 27.3 Å². The molecule has 0 radical (unpaired) electrons. The number of thiocarbonyl (C=S) groups is 1.